The Morgan fingerprint density at radius 2 is 1.55 bits per heavy atom. The van der Waals surface area contributed by atoms with Gasteiger partial charge in [0.2, 0.25) is 5.82 Å². The van der Waals surface area contributed by atoms with E-state index in [-0.39, 0.29) is 11.6 Å². The summed E-state index contributed by atoms with van der Waals surface area (Å²) in [7, 11) is 0. The summed E-state index contributed by atoms with van der Waals surface area (Å²) in [4.78, 5) is 7.77. The van der Waals surface area contributed by atoms with E-state index in [0.29, 0.717) is 5.69 Å². The highest BCUT2D eigenvalue weighted by Crippen LogP contribution is 2.29. The van der Waals surface area contributed by atoms with E-state index in [2.05, 4.69) is 20.4 Å². The van der Waals surface area contributed by atoms with Gasteiger partial charge < -0.3 is 5.32 Å². The molecule has 0 spiro atoms. The predicted molar refractivity (Wildman–Crippen MR) is 65.0 cm³/mol. The van der Waals surface area contributed by atoms with Crippen LogP contribution >= 0.6 is 0 Å². The first kappa shape index (κ1) is 14.2. The maximum absolute atomic E-state index is 13.7. The van der Waals surface area contributed by atoms with Gasteiger partial charge in [0.25, 0.3) is 5.78 Å². The van der Waals surface area contributed by atoms with E-state index in [1.165, 1.54) is 6.07 Å². The minimum atomic E-state index is -2.22. The lowest BCUT2D eigenvalue weighted by Gasteiger charge is -2.12. The zero-order chi connectivity index (χ0) is 16.0. The second kappa shape index (κ2) is 4.90. The molecule has 5 nitrogen and oxygen atoms in total. The van der Waals surface area contributed by atoms with Crippen molar-refractivity contribution in [2.24, 2.45) is 0 Å². The molecule has 0 unspecified atom stereocenters. The Morgan fingerprint density at radius 1 is 0.955 bits per heavy atom. The summed E-state index contributed by atoms with van der Waals surface area (Å²) in [6, 6.07) is 1.32. The molecule has 1 aromatic carbocycles. The number of halogens is 5. The second-order valence-corrected chi connectivity index (χ2v) is 4.32. The Kier molecular flexibility index (Phi) is 3.15. The van der Waals surface area contributed by atoms with Crippen LogP contribution < -0.4 is 5.32 Å². The van der Waals surface area contributed by atoms with Gasteiger partial charge in [-0.2, -0.15) is 14.6 Å². The topological polar surface area (TPSA) is 55.1 Å². The molecule has 0 aliphatic carbocycles. The molecule has 0 radical (unpaired) electrons. The maximum Gasteiger partial charge on any atom is 0.254 e. The first-order valence-corrected chi connectivity index (χ1v) is 5.86. The van der Waals surface area contributed by atoms with Crippen molar-refractivity contribution in [1.82, 2.24) is 19.6 Å². The van der Waals surface area contributed by atoms with Crippen LogP contribution in [0.5, 0.6) is 0 Å². The molecule has 22 heavy (non-hydrogen) atoms. The van der Waals surface area contributed by atoms with E-state index < -0.39 is 34.8 Å². The number of benzene rings is 1. The highest BCUT2D eigenvalue weighted by atomic mass is 19.2. The highest BCUT2D eigenvalue weighted by Gasteiger charge is 2.26. The quantitative estimate of drug-likeness (QED) is 0.449. The van der Waals surface area contributed by atoms with Gasteiger partial charge >= 0.3 is 0 Å². The third kappa shape index (κ3) is 2.03. The first-order valence-electron chi connectivity index (χ1n) is 5.86. The van der Waals surface area contributed by atoms with E-state index in [1.54, 1.807) is 6.92 Å². The van der Waals surface area contributed by atoms with Crippen molar-refractivity contribution in [3.05, 3.63) is 47.2 Å². The normalized spacial score (nSPS) is 11.2. The molecular weight excluding hydrogens is 309 g/mol. The van der Waals surface area contributed by atoms with Gasteiger partial charge in [0, 0.05) is 11.8 Å². The highest BCUT2D eigenvalue weighted by molar-refractivity contribution is 5.60. The van der Waals surface area contributed by atoms with Gasteiger partial charge in [-0.05, 0) is 6.92 Å². The standard InChI is InChI=1S/C12H6F5N5/c1-4-2-5(22-12(20-4)18-3-19-22)21-11-9(16)7(14)6(13)8(15)10(11)17/h2-3,21H,1H3. The number of aryl methyl sites for hydroxylation is 1. The third-order valence-electron chi connectivity index (χ3n) is 2.84. The molecule has 10 heteroatoms. The van der Waals surface area contributed by atoms with E-state index in [0.717, 1.165) is 10.8 Å². The average molecular weight is 315 g/mol. The molecule has 0 saturated carbocycles. The number of nitrogens with one attached hydrogen (secondary N) is 1. The molecule has 3 rings (SSSR count). The number of aromatic nitrogens is 4. The molecule has 0 amide bonds. The van der Waals surface area contributed by atoms with Crippen molar-refractivity contribution in [2.45, 2.75) is 6.92 Å². The second-order valence-electron chi connectivity index (χ2n) is 4.32. The lowest BCUT2D eigenvalue weighted by molar-refractivity contribution is 0.382. The van der Waals surface area contributed by atoms with E-state index in [1.807, 2.05) is 0 Å². The molecule has 3 aromatic rings. The summed E-state index contributed by atoms with van der Waals surface area (Å²) in [6.45, 7) is 1.57. The van der Waals surface area contributed by atoms with Gasteiger partial charge in [-0.3, -0.25) is 0 Å². The van der Waals surface area contributed by atoms with Crippen LogP contribution in [0, 0.1) is 36.0 Å². The largest absolute Gasteiger partial charge is 0.335 e. The molecule has 2 aromatic heterocycles. The van der Waals surface area contributed by atoms with Crippen LogP contribution in [0.4, 0.5) is 33.5 Å². The maximum atomic E-state index is 13.7. The minimum Gasteiger partial charge on any atom is -0.335 e. The number of fused-ring (bicyclic) bond motifs is 1. The number of hydrogen-bond acceptors (Lipinski definition) is 4. The van der Waals surface area contributed by atoms with Crippen LogP contribution in [-0.4, -0.2) is 19.6 Å². The SMILES string of the molecule is Cc1cc(Nc2c(F)c(F)c(F)c(F)c2F)n2ncnc2n1. The fourth-order valence-electron chi connectivity index (χ4n) is 1.86. The summed E-state index contributed by atoms with van der Waals surface area (Å²) in [5, 5.41) is 5.89. The van der Waals surface area contributed by atoms with E-state index in [9.17, 15) is 22.0 Å². The van der Waals surface area contributed by atoms with Crippen LogP contribution in [0.2, 0.25) is 0 Å². The molecule has 0 fully saturated rings. The fraction of sp³-hybridized carbons (Fsp3) is 0.0833. The molecule has 0 atom stereocenters. The Hall–Kier alpha value is -2.78. The lowest BCUT2D eigenvalue weighted by atomic mass is 10.2. The molecular formula is C12H6F5N5. The van der Waals surface area contributed by atoms with Crippen molar-refractivity contribution in [3.8, 4) is 0 Å². The summed E-state index contributed by atoms with van der Waals surface area (Å²) in [5.41, 5.74) is -0.773. The summed E-state index contributed by atoms with van der Waals surface area (Å²) in [5.74, 6) is -10.2. The van der Waals surface area contributed by atoms with Gasteiger partial charge in [0.1, 0.15) is 17.8 Å². The molecule has 1 N–H and O–H groups in total. The fourth-order valence-corrected chi connectivity index (χ4v) is 1.86. The van der Waals surface area contributed by atoms with Crippen LogP contribution in [0.3, 0.4) is 0 Å². The molecule has 0 bridgehead atoms. The molecule has 2 heterocycles. The monoisotopic (exact) mass is 315 g/mol. The molecule has 0 aliphatic heterocycles. The lowest BCUT2D eigenvalue weighted by Crippen LogP contribution is -2.09. The Balaban J connectivity index is 2.19. The molecule has 0 aliphatic rings. The average Bonchev–Trinajstić information content (AvgIpc) is 2.95. The number of rotatable bonds is 2. The molecule has 0 saturated heterocycles. The Bertz CT molecular complexity index is 862. The van der Waals surface area contributed by atoms with Crippen LogP contribution in [0.25, 0.3) is 5.78 Å². The zero-order valence-electron chi connectivity index (χ0n) is 10.8. The van der Waals surface area contributed by atoms with Crippen LogP contribution in [0.1, 0.15) is 5.69 Å². The van der Waals surface area contributed by atoms with Crippen molar-refractivity contribution >= 4 is 17.3 Å². The van der Waals surface area contributed by atoms with Crippen molar-refractivity contribution in [3.63, 3.8) is 0 Å². The summed E-state index contributed by atoms with van der Waals surface area (Å²) < 4.78 is 67.8. The van der Waals surface area contributed by atoms with Gasteiger partial charge in [-0.1, -0.05) is 0 Å². The van der Waals surface area contributed by atoms with E-state index >= 15 is 0 Å². The van der Waals surface area contributed by atoms with Crippen molar-refractivity contribution in [1.29, 1.82) is 0 Å². The van der Waals surface area contributed by atoms with Crippen LogP contribution in [-0.2, 0) is 0 Å². The Labute approximate surface area is 119 Å². The number of nitrogens with zero attached hydrogens (tertiary/aromatic N) is 4. The van der Waals surface area contributed by atoms with E-state index in [4.69, 9.17) is 0 Å². The van der Waals surface area contributed by atoms with Crippen LogP contribution in [0.15, 0.2) is 12.4 Å². The summed E-state index contributed by atoms with van der Waals surface area (Å²) >= 11 is 0. The minimum absolute atomic E-state index is 0.0526. The number of anilines is 2. The van der Waals surface area contributed by atoms with Gasteiger partial charge in [0.15, 0.2) is 23.3 Å². The van der Waals surface area contributed by atoms with Crippen molar-refractivity contribution in [2.75, 3.05) is 5.32 Å². The van der Waals surface area contributed by atoms with Gasteiger partial charge in [0.05, 0.1) is 0 Å². The Morgan fingerprint density at radius 3 is 2.18 bits per heavy atom. The third-order valence-corrected chi connectivity index (χ3v) is 2.84. The first-order chi connectivity index (χ1) is 10.4. The predicted octanol–water partition coefficient (Wildman–Crippen LogP) is 2.87. The number of hydrogen-bond donors (Lipinski definition) is 1. The summed E-state index contributed by atoms with van der Waals surface area (Å²) in [6.07, 6.45) is 1.13. The zero-order valence-corrected chi connectivity index (χ0v) is 10.8. The van der Waals surface area contributed by atoms with Gasteiger partial charge in [-0.15, -0.1) is 0 Å². The molecule has 114 valence electrons. The van der Waals surface area contributed by atoms with Gasteiger partial charge in [-0.25, -0.2) is 26.9 Å². The smallest absolute Gasteiger partial charge is 0.254 e. The van der Waals surface area contributed by atoms with Crippen molar-refractivity contribution < 1.29 is 22.0 Å².